The van der Waals surface area contributed by atoms with E-state index in [0.29, 0.717) is 25.4 Å². The van der Waals surface area contributed by atoms with Gasteiger partial charge < -0.3 is 15.1 Å². The molecule has 3 aliphatic rings. The molecule has 5 atom stereocenters. The van der Waals surface area contributed by atoms with Gasteiger partial charge in [-0.25, -0.2) is 0 Å². The second-order valence-corrected chi connectivity index (χ2v) is 5.60. The molecule has 0 radical (unpaired) electrons. The Hall–Kier alpha value is -1.10. The minimum atomic E-state index is -0.859. The van der Waals surface area contributed by atoms with Crippen molar-refractivity contribution >= 4 is 11.9 Å². The molecule has 3 fully saturated rings. The molecule has 0 aromatic carbocycles. The lowest BCUT2D eigenvalue weighted by molar-refractivity contribution is -0.141. The summed E-state index contributed by atoms with van der Waals surface area (Å²) in [5.41, 5.74) is 0. The van der Waals surface area contributed by atoms with Crippen LogP contribution >= 0.6 is 0 Å². The van der Waals surface area contributed by atoms with Crippen LogP contribution in [0.15, 0.2) is 0 Å². The van der Waals surface area contributed by atoms with Crippen molar-refractivity contribution in [1.29, 1.82) is 0 Å². The number of carboxylic acids is 1. The number of hydrogen-bond donors (Lipinski definition) is 2. The first kappa shape index (κ1) is 11.0. The van der Waals surface area contributed by atoms with E-state index in [1.165, 1.54) is 0 Å². The van der Waals surface area contributed by atoms with Gasteiger partial charge in [0, 0.05) is 19.0 Å². The summed E-state index contributed by atoms with van der Waals surface area (Å²) in [5.74, 6) is -0.991. The number of likely N-dealkylation sites (tertiary alicyclic amines) is 1. The average Bonchev–Trinajstić information content (AvgIpc) is 2.87. The Balaban J connectivity index is 1.61. The number of amides is 1. The van der Waals surface area contributed by atoms with Gasteiger partial charge in [0.1, 0.15) is 0 Å². The number of rotatable bonds is 2. The topological polar surface area (TPSA) is 77.8 Å². The number of carbonyl (C=O) groups is 2. The van der Waals surface area contributed by atoms with Crippen LogP contribution in [0.3, 0.4) is 0 Å². The molecule has 0 aromatic rings. The zero-order chi connectivity index (χ0) is 12.2. The van der Waals surface area contributed by atoms with Gasteiger partial charge in [0.25, 0.3) is 0 Å². The largest absolute Gasteiger partial charge is 0.481 e. The van der Waals surface area contributed by atoms with Crippen LogP contribution in [0, 0.1) is 23.7 Å². The second kappa shape index (κ2) is 3.70. The Morgan fingerprint density at radius 2 is 1.88 bits per heavy atom. The monoisotopic (exact) mass is 239 g/mol. The standard InChI is InChI=1S/C12H17NO4/c14-10-2-1-6-4-13(5-9(6)10)11(15)7-3-8(7)12(16)17/h6-10,14H,1-5H2,(H,16,17)/t6?,7-,8+,9?,10?/m1/s1. The van der Waals surface area contributed by atoms with E-state index in [0.717, 1.165) is 12.8 Å². The fraction of sp³-hybridized carbons (Fsp3) is 0.833. The number of hydrogen-bond acceptors (Lipinski definition) is 3. The van der Waals surface area contributed by atoms with Crippen LogP contribution in [-0.2, 0) is 9.59 Å². The molecule has 2 saturated carbocycles. The SMILES string of the molecule is O=C(O)[C@H]1C[C@H]1C(=O)N1CC2CCC(O)C2C1. The zero-order valence-corrected chi connectivity index (χ0v) is 9.58. The Kier molecular flexibility index (Phi) is 2.40. The summed E-state index contributed by atoms with van der Waals surface area (Å²) < 4.78 is 0. The quantitative estimate of drug-likeness (QED) is 0.707. The van der Waals surface area contributed by atoms with Gasteiger partial charge >= 0.3 is 5.97 Å². The lowest BCUT2D eigenvalue weighted by Gasteiger charge is -2.18. The molecular formula is C12H17NO4. The van der Waals surface area contributed by atoms with Crippen molar-refractivity contribution in [3.05, 3.63) is 0 Å². The number of aliphatic hydroxyl groups excluding tert-OH is 1. The average molecular weight is 239 g/mol. The molecular weight excluding hydrogens is 222 g/mol. The van der Waals surface area contributed by atoms with Crippen molar-refractivity contribution in [1.82, 2.24) is 4.90 Å². The summed E-state index contributed by atoms with van der Waals surface area (Å²) in [7, 11) is 0. The maximum absolute atomic E-state index is 12.0. The molecule has 2 aliphatic carbocycles. The number of fused-ring (bicyclic) bond motifs is 1. The van der Waals surface area contributed by atoms with E-state index in [1.54, 1.807) is 4.90 Å². The van der Waals surface area contributed by atoms with E-state index < -0.39 is 11.9 Å². The lowest BCUT2D eigenvalue weighted by Crippen LogP contribution is -2.33. The zero-order valence-electron chi connectivity index (χ0n) is 9.58. The molecule has 2 N–H and O–H groups in total. The molecule has 3 unspecified atom stereocenters. The third-order valence-electron chi connectivity index (χ3n) is 4.56. The summed E-state index contributed by atoms with van der Waals surface area (Å²) in [6.07, 6.45) is 2.05. The number of carboxylic acid groups (broad SMARTS) is 1. The fourth-order valence-electron chi connectivity index (χ4n) is 3.39. The Bertz CT molecular complexity index is 370. The minimum Gasteiger partial charge on any atom is -0.481 e. The van der Waals surface area contributed by atoms with E-state index in [1.807, 2.05) is 0 Å². The predicted octanol–water partition coefficient (Wildman–Crippen LogP) is -0.0636. The summed E-state index contributed by atoms with van der Waals surface area (Å²) in [6.45, 7) is 1.33. The maximum Gasteiger partial charge on any atom is 0.307 e. The van der Waals surface area contributed by atoms with Crippen molar-refractivity contribution in [3.63, 3.8) is 0 Å². The molecule has 0 bridgehead atoms. The van der Waals surface area contributed by atoms with Gasteiger partial charge in [-0.15, -0.1) is 0 Å². The highest BCUT2D eigenvalue weighted by Crippen LogP contribution is 2.44. The third kappa shape index (κ3) is 1.73. The predicted molar refractivity (Wildman–Crippen MR) is 58.0 cm³/mol. The van der Waals surface area contributed by atoms with Crippen LogP contribution in [0.5, 0.6) is 0 Å². The fourth-order valence-corrected chi connectivity index (χ4v) is 3.39. The highest BCUT2D eigenvalue weighted by Gasteiger charge is 2.52. The molecule has 3 rings (SSSR count). The van der Waals surface area contributed by atoms with E-state index in [2.05, 4.69) is 0 Å². The van der Waals surface area contributed by atoms with Crippen LogP contribution < -0.4 is 0 Å². The Morgan fingerprint density at radius 1 is 1.12 bits per heavy atom. The summed E-state index contributed by atoms with van der Waals surface area (Å²) in [4.78, 5) is 24.5. The van der Waals surface area contributed by atoms with Crippen LogP contribution in [0.4, 0.5) is 0 Å². The van der Waals surface area contributed by atoms with Crippen molar-refractivity contribution in [3.8, 4) is 0 Å². The second-order valence-electron chi connectivity index (χ2n) is 5.60. The normalized spacial score (nSPS) is 43.6. The van der Waals surface area contributed by atoms with Gasteiger partial charge in [-0.05, 0) is 25.2 Å². The Labute approximate surface area is 99.4 Å². The molecule has 1 amide bonds. The van der Waals surface area contributed by atoms with E-state index >= 15 is 0 Å². The highest BCUT2D eigenvalue weighted by molar-refractivity contribution is 5.89. The molecule has 1 aliphatic heterocycles. The van der Waals surface area contributed by atoms with Crippen LogP contribution in [0.25, 0.3) is 0 Å². The van der Waals surface area contributed by atoms with Crippen molar-refractivity contribution < 1.29 is 19.8 Å². The van der Waals surface area contributed by atoms with Crippen LogP contribution in [-0.4, -0.2) is 46.2 Å². The van der Waals surface area contributed by atoms with E-state index in [-0.39, 0.29) is 23.8 Å². The molecule has 0 aromatic heterocycles. The van der Waals surface area contributed by atoms with Gasteiger partial charge in [0.2, 0.25) is 5.91 Å². The third-order valence-corrected chi connectivity index (χ3v) is 4.56. The number of aliphatic hydroxyl groups is 1. The molecule has 1 heterocycles. The van der Waals surface area contributed by atoms with E-state index in [4.69, 9.17) is 5.11 Å². The molecule has 17 heavy (non-hydrogen) atoms. The maximum atomic E-state index is 12.0. The molecule has 0 spiro atoms. The van der Waals surface area contributed by atoms with Gasteiger partial charge in [-0.3, -0.25) is 9.59 Å². The van der Waals surface area contributed by atoms with Crippen molar-refractivity contribution in [2.24, 2.45) is 23.7 Å². The van der Waals surface area contributed by atoms with Gasteiger partial charge in [-0.1, -0.05) is 0 Å². The first-order valence-electron chi connectivity index (χ1n) is 6.27. The van der Waals surface area contributed by atoms with Gasteiger partial charge in [0.05, 0.1) is 17.9 Å². The highest BCUT2D eigenvalue weighted by atomic mass is 16.4. The Morgan fingerprint density at radius 3 is 2.47 bits per heavy atom. The van der Waals surface area contributed by atoms with Crippen LogP contribution in [0.1, 0.15) is 19.3 Å². The van der Waals surface area contributed by atoms with Crippen LogP contribution in [0.2, 0.25) is 0 Å². The van der Waals surface area contributed by atoms with E-state index in [9.17, 15) is 14.7 Å². The summed E-state index contributed by atoms with van der Waals surface area (Å²) in [5, 5.41) is 18.6. The number of carbonyl (C=O) groups excluding carboxylic acids is 1. The van der Waals surface area contributed by atoms with Crippen molar-refractivity contribution in [2.75, 3.05) is 13.1 Å². The number of nitrogens with zero attached hydrogens (tertiary/aromatic N) is 1. The van der Waals surface area contributed by atoms with Gasteiger partial charge in [-0.2, -0.15) is 0 Å². The summed E-state index contributed by atoms with van der Waals surface area (Å²) >= 11 is 0. The molecule has 94 valence electrons. The lowest BCUT2D eigenvalue weighted by atomic mass is 10.00. The number of aliphatic carboxylic acids is 1. The first-order chi connectivity index (χ1) is 8.08. The minimum absolute atomic E-state index is 0.0148. The molecule has 1 saturated heterocycles. The first-order valence-corrected chi connectivity index (χ1v) is 6.27. The van der Waals surface area contributed by atoms with Gasteiger partial charge in [0.15, 0.2) is 0 Å². The summed E-state index contributed by atoms with van der Waals surface area (Å²) in [6, 6.07) is 0. The molecule has 5 heteroatoms. The smallest absolute Gasteiger partial charge is 0.307 e. The molecule has 5 nitrogen and oxygen atoms in total. The van der Waals surface area contributed by atoms with Crippen molar-refractivity contribution in [2.45, 2.75) is 25.4 Å².